The van der Waals surface area contributed by atoms with Crippen LogP contribution in [0.5, 0.6) is 0 Å². The first-order valence-corrected chi connectivity index (χ1v) is 9.40. The number of amides is 2. The molecule has 2 fully saturated rings. The van der Waals surface area contributed by atoms with E-state index in [1.54, 1.807) is 0 Å². The maximum atomic E-state index is 12.5. The lowest BCUT2D eigenvalue weighted by Crippen LogP contribution is -2.52. The Morgan fingerprint density at radius 1 is 1.20 bits per heavy atom. The van der Waals surface area contributed by atoms with E-state index in [2.05, 4.69) is 26.6 Å². The third-order valence-electron chi connectivity index (χ3n) is 5.20. The molecule has 1 aromatic carbocycles. The molecule has 1 unspecified atom stereocenters. The van der Waals surface area contributed by atoms with Gasteiger partial charge < -0.3 is 15.5 Å². The minimum Gasteiger partial charge on any atom is -0.342 e. The van der Waals surface area contributed by atoms with E-state index in [0.29, 0.717) is 19.0 Å². The van der Waals surface area contributed by atoms with E-state index >= 15 is 0 Å². The highest BCUT2D eigenvalue weighted by Crippen LogP contribution is 2.24. The molecule has 0 bridgehead atoms. The van der Waals surface area contributed by atoms with Crippen LogP contribution in [-0.2, 0) is 9.59 Å². The maximum Gasteiger partial charge on any atom is 0.227 e. The number of likely N-dealkylation sites (tertiary alicyclic amines) is 1. The molecule has 25 heavy (non-hydrogen) atoms. The fourth-order valence-corrected chi connectivity index (χ4v) is 3.56. The second kappa shape index (κ2) is 9.01. The molecule has 2 aliphatic heterocycles. The molecule has 2 amide bonds. The van der Waals surface area contributed by atoms with E-state index in [0.717, 1.165) is 36.1 Å². The summed E-state index contributed by atoms with van der Waals surface area (Å²) < 4.78 is 0.989. The summed E-state index contributed by atoms with van der Waals surface area (Å²) in [7, 11) is 0. The highest BCUT2D eigenvalue weighted by molar-refractivity contribution is 9.10. The van der Waals surface area contributed by atoms with Crippen molar-refractivity contribution in [2.75, 3.05) is 31.5 Å². The second-order valence-corrected chi connectivity index (χ2v) is 7.72. The van der Waals surface area contributed by atoms with Crippen molar-refractivity contribution in [1.29, 1.82) is 0 Å². The van der Waals surface area contributed by atoms with Gasteiger partial charge in [0.05, 0.1) is 0 Å². The van der Waals surface area contributed by atoms with Crippen molar-refractivity contribution < 1.29 is 9.59 Å². The first-order valence-electron chi connectivity index (χ1n) is 8.60. The number of carbonyl (C=O) groups excluding carboxylic acids is 2. The third kappa shape index (κ3) is 4.96. The summed E-state index contributed by atoms with van der Waals surface area (Å²) in [6.07, 6.45) is 1.48. The molecule has 0 radical (unpaired) electrons. The molecule has 0 saturated carbocycles. The summed E-state index contributed by atoms with van der Waals surface area (Å²) in [5.41, 5.74) is 0.813. The minimum absolute atomic E-state index is 0. The van der Waals surface area contributed by atoms with Gasteiger partial charge in [-0.1, -0.05) is 22.9 Å². The monoisotopic (exact) mass is 429 g/mol. The van der Waals surface area contributed by atoms with Gasteiger partial charge in [-0.2, -0.15) is 0 Å². The van der Waals surface area contributed by atoms with Crippen molar-refractivity contribution in [3.05, 3.63) is 28.7 Å². The molecule has 138 valence electrons. The topological polar surface area (TPSA) is 61.4 Å². The quantitative estimate of drug-likeness (QED) is 0.772. The molecule has 5 nitrogen and oxygen atoms in total. The maximum absolute atomic E-state index is 12.5. The molecule has 7 heteroatoms. The van der Waals surface area contributed by atoms with Crippen LogP contribution in [0.3, 0.4) is 0 Å². The molecule has 1 aromatic rings. The first kappa shape index (κ1) is 20.2. The molecule has 2 saturated heterocycles. The van der Waals surface area contributed by atoms with Crippen LogP contribution < -0.4 is 10.6 Å². The number of nitrogens with one attached hydrogen (secondary N) is 2. The average molecular weight is 431 g/mol. The second-order valence-electron chi connectivity index (χ2n) is 6.80. The highest BCUT2D eigenvalue weighted by Gasteiger charge is 2.34. The Morgan fingerprint density at radius 2 is 1.80 bits per heavy atom. The molecule has 2 heterocycles. The van der Waals surface area contributed by atoms with E-state index < -0.39 is 0 Å². The number of benzene rings is 1. The molecular weight excluding hydrogens is 406 g/mol. The predicted octanol–water partition coefficient (Wildman–Crippen LogP) is 2.90. The van der Waals surface area contributed by atoms with Crippen LogP contribution in [0.4, 0.5) is 5.69 Å². The number of rotatable bonds is 4. The number of carbonyl (C=O) groups is 2. The number of piperidine rings is 1. The Kier molecular flexibility index (Phi) is 7.28. The average Bonchev–Trinajstić information content (AvgIpc) is 2.55. The molecule has 2 aliphatic rings. The molecular formula is C18H25BrClN3O2. The van der Waals surface area contributed by atoms with E-state index in [9.17, 15) is 9.59 Å². The third-order valence-corrected chi connectivity index (χ3v) is 5.73. The van der Waals surface area contributed by atoms with Gasteiger partial charge >= 0.3 is 0 Å². The number of halogens is 2. The van der Waals surface area contributed by atoms with Gasteiger partial charge in [-0.05, 0) is 56.1 Å². The zero-order valence-electron chi connectivity index (χ0n) is 14.3. The Balaban J connectivity index is 0.00000225. The first-order chi connectivity index (χ1) is 11.5. The number of anilines is 1. The van der Waals surface area contributed by atoms with Crippen molar-refractivity contribution >= 4 is 45.8 Å². The summed E-state index contributed by atoms with van der Waals surface area (Å²) in [5, 5.41) is 6.19. The van der Waals surface area contributed by atoms with Crippen molar-refractivity contribution in [2.24, 2.45) is 17.8 Å². The van der Waals surface area contributed by atoms with Crippen molar-refractivity contribution in [3.8, 4) is 0 Å². The lowest BCUT2D eigenvalue weighted by molar-refractivity contribution is -0.140. The Bertz CT molecular complexity index is 599. The fourth-order valence-electron chi connectivity index (χ4n) is 3.29. The van der Waals surface area contributed by atoms with E-state index in [4.69, 9.17) is 0 Å². The normalized spacial score (nSPS) is 19.5. The highest BCUT2D eigenvalue weighted by atomic mass is 79.9. The molecule has 0 spiro atoms. The lowest BCUT2D eigenvalue weighted by atomic mass is 9.87. The van der Waals surface area contributed by atoms with Gasteiger partial charge in [0.25, 0.3) is 0 Å². The van der Waals surface area contributed by atoms with Gasteiger partial charge in [-0.3, -0.25) is 9.59 Å². The molecule has 2 N–H and O–H groups in total. The van der Waals surface area contributed by atoms with Gasteiger partial charge in [0.1, 0.15) is 0 Å². The predicted molar refractivity (Wildman–Crippen MR) is 105 cm³/mol. The minimum atomic E-state index is -0.0154. The SMILES string of the molecule is CC(C(=O)N1CCC(C(=O)Nc2ccc(Br)cc2)CC1)C1CNC1.Cl. The Hall–Kier alpha value is -1.11. The van der Waals surface area contributed by atoms with Crippen molar-refractivity contribution in [1.82, 2.24) is 10.2 Å². The van der Waals surface area contributed by atoms with E-state index in [1.807, 2.05) is 36.1 Å². The van der Waals surface area contributed by atoms with Crippen molar-refractivity contribution in [3.63, 3.8) is 0 Å². The lowest BCUT2D eigenvalue weighted by Gasteiger charge is -2.37. The van der Waals surface area contributed by atoms with Crippen LogP contribution in [0, 0.1) is 17.8 Å². The van der Waals surface area contributed by atoms with Gasteiger partial charge in [0.2, 0.25) is 11.8 Å². The van der Waals surface area contributed by atoms with Crippen LogP contribution in [0.15, 0.2) is 28.7 Å². The van der Waals surface area contributed by atoms with E-state index in [-0.39, 0.29) is 36.1 Å². The molecule has 0 aromatic heterocycles. The van der Waals surface area contributed by atoms with Crippen molar-refractivity contribution in [2.45, 2.75) is 19.8 Å². The largest absolute Gasteiger partial charge is 0.342 e. The Labute approximate surface area is 163 Å². The molecule has 0 aliphatic carbocycles. The van der Waals surface area contributed by atoms with Gasteiger partial charge in [-0.15, -0.1) is 12.4 Å². The van der Waals surface area contributed by atoms with Gasteiger partial charge in [0.15, 0.2) is 0 Å². The number of nitrogens with zero attached hydrogens (tertiary/aromatic N) is 1. The summed E-state index contributed by atoms with van der Waals surface area (Å²) in [5.74, 6) is 0.836. The summed E-state index contributed by atoms with van der Waals surface area (Å²) in [6, 6.07) is 7.59. The number of hydrogen-bond acceptors (Lipinski definition) is 3. The smallest absolute Gasteiger partial charge is 0.227 e. The zero-order valence-corrected chi connectivity index (χ0v) is 16.7. The Morgan fingerprint density at radius 3 is 2.32 bits per heavy atom. The molecule has 1 atom stereocenters. The summed E-state index contributed by atoms with van der Waals surface area (Å²) in [4.78, 5) is 26.9. The molecule has 3 rings (SSSR count). The van der Waals surface area contributed by atoms with Crippen LogP contribution in [0.25, 0.3) is 0 Å². The van der Waals surface area contributed by atoms with Crippen LogP contribution >= 0.6 is 28.3 Å². The summed E-state index contributed by atoms with van der Waals surface area (Å²) >= 11 is 3.39. The number of hydrogen-bond donors (Lipinski definition) is 2. The summed E-state index contributed by atoms with van der Waals surface area (Å²) in [6.45, 7) is 5.28. The van der Waals surface area contributed by atoms with Gasteiger partial charge in [-0.25, -0.2) is 0 Å². The van der Waals surface area contributed by atoms with Gasteiger partial charge in [0, 0.05) is 35.1 Å². The standard InChI is InChI=1S/C18H24BrN3O2.ClH/c1-12(14-10-20-11-14)18(24)22-8-6-13(7-9-22)17(23)21-16-4-2-15(19)3-5-16;/h2-5,12-14,20H,6-11H2,1H3,(H,21,23);1H. The zero-order chi connectivity index (χ0) is 17.1. The fraction of sp³-hybridized carbons (Fsp3) is 0.556. The van der Waals surface area contributed by atoms with Crippen LogP contribution in [0.1, 0.15) is 19.8 Å². The van der Waals surface area contributed by atoms with Crippen LogP contribution in [0.2, 0.25) is 0 Å². The van der Waals surface area contributed by atoms with Crippen LogP contribution in [-0.4, -0.2) is 42.9 Å². The van der Waals surface area contributed by atoms with E-state index in [1.165, 1.54) is 0 Å².